The number of aromatic nitrogens is 1. The predicted molar refractivity (Wildman–Crippen MR) is 274 cm³/mol. The van der Waals surface area contributed by atoms with Crippen molar-refractivity contribution in [3.63, 3.8) is 0 Å². The summed E-state index contributed by atoms with van der Waals surface area (Å²) < 4.78 is 2.37. The molecule has 1 aliphatic heterocycles. The molecule has 310 valence electrons. The zero-order chi connectivity index (χ0) is 43.3. The Morgan fingerprint density at radius 3 is 1.49 bits per heavy atom. The molecule has 2 aliphatic rings. The number of fused-ring (bicyclic) bond motifs is 6. The smallest absolute Gasteiger partial charge is 0.0655 e. The lowest BCUT2D eigenvalue weighted by Crippen LogP contribution is -2.39. The zero-order valence-electron chi connectivity index (χ0n) is 36.1. The number of hydrogen-bond donors (Lipinski definition) is 0. The van der Waals surface area contributed by atoms with Crippen molar-refractivity contribution in [1.82, 2.24) is 4.57 Å². The summed E-state index contributed by atoms with van der Waals surface area (Å²) in [4.78, 5) is 7.23. The van der Waals surface area contributed by atoms with Crippen molar-refractivity contribution in [2.24, 2.45) is 0 Å². The number of rotatable bonds is 9. The van der Waals surface area contributed by atoms with Crippen molar-refractivity contribution in [3.05, 3.63) is 260 Å². The minimum Gasteiger partial charge on any atom is -0.333 e. The average Bonchev–Trinajstić information content (AvgIpc) is 3.84. The molecular formula is C61H46N4. The van der Waals surface area contributed by atoms with Crippen LogP contribution < -0.4 is 14.7 Å². The number of hydrogen-bond acceptors (Lipinski definition) is 3. The van der Waals surface area contributed by atoms with Crippen LogP contribution in [0.25, 0.3) is 38.6 Å². The topological polar surface area (TPSA) is 14.7 Å². The molecule has 0 saturated carbocycles. The van der Waals surface area contributed by atoms with Gasteiger partial charge in [-0.1, -0.05) is 140 Å². The molecule has 12 rings (SSSR count). The number of anilines is 8. The third kappa shape index (κ3) is 6.53. The fourth-order valence-electron chi connectivity index (χ4n) is 10.3. The molecule has 0 amide bonds. The third-order valence-electron chi connectivity index (χ3n) is 13.4. The third-order valence-corrected chi connectivity index (χ3v) is 13.4. The summed E-state index contributed by atoms with van der Waals surface area (Å²) in [6, 6.07) is 83.6. The Labute approximate surface area is 380 Å². The number of allylic oxidation sites excluding steroid dienone is 2. The van der Waals surface area contributed by atoms with E-state index in [0.717, 1.165) is 50.9 Å². The molecule has 2 unspecified atom stereocenters. The van der Waals surface area contributed by atoms with Crippen molar-refractivity contribution < 1.29 is 0 Å². The van der Waals surface area contributed by atoms with Crippen LogP contribution in [0.4, 0.5) is 45.5 Å². The van der Waals surface area contributed by atoms with E-state index in [4.69, 9.17) is 0 Å². The van der Waals surface area contributed by atoms with Gasteiger partial charge in [-0.05, 0) is 139 Å². The molecule has 2 heterocycles. The Bertz CT molecular complexity index is 3380. The highest BCUT2D eigenvalue weighted by Gasteiger charge is 2.46. The van der Waals surface area contributed by atoms with Gasteiger partial charge in [-0.3, -0.25) is 0 Å². The molecular weight excluding hydrogens is 789 g/mol. The monoisotopic (exact) mass is 834 g/mol. The first-order chi connectivity index (χ1) is 32.1. The maximum absolute atomic E-state index is 2.50. The molecule has 10 aromatic rings. The van der Waals surface area contributed by atoms with Gasteiger partial charge in [0.25, 0.3) is 0 Å². The second-order valence-corrected chi connectivity index (χ2v) is 17.2. The van der Waals surface area contributed by atoms with Gasteiger partial charge < -0.3 is 19.3 Å². The van der Waals surface area contributed by atoms with Crippen molar-refractivity contribution >= 4 is 67.3 Å². The van der Waals surface area contributed by atoms with Crippen LogP contribution in [-0.4, -0.2) is 10.6 Å². The quantitative estimate of drug-likeness (QED) is 0.144. The van der Waals surface area contributed by atoms with Gasteiger partial charge in [0.2, 0.25) is 0 Å². The van der Waals surface area contributed by atoms with E-state index >= 15 is 0 Å². The van der Waals surface area contributed by atoms with Crippen molar-refractivity contribution in [2.45, 2.75) is 18.4 Å². The van der Waals surface area contributed by atoms with E-state index in [1.165, 1.54) is 38.7 Å². The summed E-state index contributed by atoms with van der Waals surface area (Å²) in [7, 11) is 0. The van der Waals surface area contributed by atoms with E-state index in [1.807, 2.05) is 0 Å². The molecule has 0 radical (unpaired) electrons. The molecule has 0 bridgehead atoms. The molecule has 4 nitrogen and oxygen atoms in total. The van der Waals surface area contributed by atoms with Gasteiger partial charge in [-0.25, -0.2) is 0 Å². The van der Waals surface area contributed by atoms with Gasteiger partial charge in [0.15, 0.2) is 0 Å². The van der Waals surface area contributed by atoms with Crippen LogP contribution in [0.3, 0.4) is 0 Å². The molecule has 0 spiro atoms. The second-order valence-electron chi connectivity index (χ2n) is 17.2. The molecule has 2 atom stereocenters. The first kappa shape index (κ1) is 38.3. The zero-order valence-corrected chi connectivity index (χ0v) is 36.1. The van der Waals surface area contributed by atoms with Crippen LogP contribution >= 0.6 is 0 Å². The number of benzene rings is 9. The SMILES string of the molecule is CC12C=CC=CC1N(c1ccccc1)c1ccc(N(c3ccccc3)c3ccc(-c4ccc(N(c5ccccc5)c5ccc6c(c5)c5ccccc5n6-c5ccccc5)cc4)cc3)cc12. The van der Waals surface area contributed by atoms with Crippen molar-refractivity contribution in [3.8, 4) is 16.8 Å². The lowest BCUT2D eigenvalue weighted by Gasteiger charge is -2.34. The van der Waals surface area contributed by atoms with Gasteiger partial charge in [-0.15, -0.1) is 0 Å². The van der Waals surface area contributed by atoms with Crippen LogP contribution in [-0.2, 0) is 5.41 Å². The molecule has 0 N–H and O–H groups in total. The highest BCUT2D eigenvalue weighted by molar-refractivity contribution is 6.10. The molecule has 4 heteroatoms. The summed E-state index contributed by atoms with van der Waals surface area (Å²) >= 11 is 0. The fourth-order valence-corrected chi connectivity index (χ4v) is 10.3. The van der Waals surface area contributed by atoms with E-state index in [1.54, 1.807) is 0 Å². The van der Waals surface area contributed by atoms with Crippen LogP contribution in [0.15, 0.2) is 255 Å². The van der Waals surface area contributed by atoms with Crippen LogP contribution in [0, 0.1) is 0 Å². The Balaban J connectivity index is 0.890. The Morgan fingerprint density at radius 1 is 0.400 bits per heavy atom. The van der Waals surface area contributed by atoms with E-state index < -0.39 is 0 Å². The predicted octanol–water partition coefficient (Wildman–Crippen LogP) is 16.3. The standard InChI is InChI=1S/C61H46N4/c1-61-41-17-16-28-60(61)65(49-24-12-5-13-25-49)59-40-38-53(43-56(59)61)63(47-20-8-3-9-21-47)51-35-31-45(32-36-51)44-29-33-50(34-30-44)62(46-18-6-2-7-19-46)52-37-39-58-55(42-52)54-26-14-15-27-57(54)64(58)48-22-10-4-11-23-48/h2-43,60H,1H3. The van der Waals surface area contributed by atoms with E-state index in [-0.39, 0.29) is 11.5 Å². The van der Waals surface area contributed by atoms with Crippen LogP contribution in [0.5, 0.6) is 0 Å². The highest BCUT2D eigenvalue weighted by atomic mass is 15.2. The van der Waals surface area contributed by atoms with Gasteiger partial charge in [0.1, 0.15) is 0 Å². The Hall–Kier alpha value is -8.34. The molecule has 1 aliphatic carbocycles. The van der Waals surface area contributed by atoms with Crippen molar-refractivity contribution in [2.75, 3.05) is 14.7 Å². The van der Waals surface area contributed by atoms with E-state index in [0.29, 0.717) is 0 Å². The summed E-state index contributed by atoms with van der Waals surface area (Å²) in [5.74, 6) is 0. The first-order valence-corrected chi connectivity index (χ1v) is 22.5. The molecule has 1 aromatic heterocycles. The molecule has 65 heavy (non-hydrogen) atoms. The van der Waals surface area contributed by atoms with E-state index in [2.05, 4.69) is 281 Å². The van der Waals surface area contributed by atoms with Gasteiger partial charge >= 0.3 is 0 Å². The largest absolute Gasteiger partial charge is 0.333 e. The first-order valence-electron chi connectivity index (χ1n) is 22.5. The van der Waals surface area contributed by atoms with Gasteiger partial charge in [-0.2, -0.15) is 0 Å². The maximum Gasteiger partial charge on any atom is 0.0655 e. The number of para-hydroxylation sites is 5. The van der Waals surface area contributed by atoms with Crippen molar-refractivity contribution in [1.29, 1.82) is 0 Å². The summed E-state index contributed by atoms with van der Waals surface area (Å²) in [6.07, 6.45) is 9.11. The lowest BCUT2D eigenvalue weighted by atomic mass is 9.76. The van der Waals surface area contributed by atoms with Gasteiger partial charge in [0, 0.05) is 67.4 Å². The maximum atomic E-state index is 2.50. The summed E-state index contributed by atoms with van der Waals surface area (Å²) in [5, 5.41) is 2.46. The van der Waals surface area contributed by atoms with Crippen LogP contribution in [0.1, 0.15) is 12.5 Å². The van der Waals surface area contributed by atoms with Crippen LogP contribution in [0.2, 0.25) is 0 Å². The summed E-state index contributed by atoms with van der Waals surface area (Å²) in [5.41, 5.74) is 16.1. The average molecular weight is 835 g/mol. The number of nitrogens with zero attached hydrogens (tertiary/aromatic N) is 4. The Kier molecular flexibility index (Phi) is 9.31. The second kappa shape index (κ2) is 15.8. The fraction of sp³-hybridized carbons (Fsp3) is 0.0492. The Morgan fingerprint density at radius 2 is 0.877 bits per heavy atom. The molecule has 0 fully saturated rings. The highest BCUT2D eigenvalue weighted by Crippen LogP contribution is 2.53. The minimum atomic E-state index is -0.181. The lowest BCUT2D eigenvalue weighted by molar-refractivity contribution is 0.551. The molecule has 9 aromatic carbocycles. The molecule has 0 saturated heterocycles. The van der Waals surface area contributed by atoms with E-state index in [9.17, 15) is 0 Å². The summed E-state index contributed by atoms with van der Waals surface area (Å²) in [6.45, 7) is 2.37. The minimum absolute atomic E-state index is 0.181. The normalized spacial score (nSPS) is 16.1. The van der Waals surface area contributed by atoms with Gasteiger partial charge in [0.05, 0.1) is 17.1 Å².